The molecule has 2 fully saturated rings. The van der Waals surface area contributed by atoms with Gasteiger partial charge < -0.3 is 14.2 Å². The summed E-state index contributed by atoms with van der Waals surface area (Å²) in [6, 6.07) is 8.90. The van der Waals surface area contributed by atoms with Crippen molar-refractivity contribution in [1.29, 1.82) is 0 Å². The Morgan fingerprint density at radius 2 is 2.10 bits per heavy atom. The van der Waals surface area contributed by atoms with Crippen molar-refractivity contribution in [3.05, 3.63) is 35.9 Å². The number of carbonyl (C=O) groups excluding carboxylic acids is 2. The average molecular weight is 290 g/mol. The van der Waals surface area contributed by atoms with Crippen LogP contribution in [0.15, 0.2) is 30.3 Å². The molecule has 5 nitrogen and oxygen atoms in total. The Labute approximate surface area is 123 Å². The van der Waals surface area contributed by atoms with Gasteiger partial charge in [-0.25, -0.2) is 4.79 Å². The highest BCUT2D eigenvalue weighted by Crippen LogP contribution is 2.43. The molecule has 3 rings (SSSR count). The molecular weight excluding hydrogens is 272 g/mol. The molecule has 4 atom stereocenters. The topological polar surface area (TPSA) is 61.8 Å². The van der Waals surface area contributed by atoms with Gasteiger partial charge in [-0.2, -0.15) is 0 Å². The molecule has 21 heavy (non-hydrogen) atoms. The van der Waals surface area contributed by atoms with Gasteiger partial charge in [-0.05, 0) is 12.1 Å². The first kappa shape index (κ1) is 14.1. The number of fused-ring (bicyclic) bond motifs is 1. The van der Waals surface area contributed by atoms with Gasteiger partial charge in [-0.1, -0.05) is 18.2 Å². The fraction of sp³-hybridized carbons (Fsp3) is 0.500. The molecule has 5 heteroatoms. The van der Waals surface area contributed by atoms with Gasteiger partial charge in [0.2, 0.25) is 0 Å². The molecular formula is C16H18O5. The van der Waals surface area contributed by atoms with Crippen molar-refractivity contribution in [2.45, 2.75) is 25.0 Å². The summed E-state index contributed by atoms with van der Waals surface area (Å²) in [5, 5.41) is 0. The van der Waals surface area contributed by atoms with Crippen LogP contribution in [0.5, 0.6) is 0 Å². The average Bonchev–Trinajstić information content (AvgIpc) is 2.98. The SMILES string of the molecule is COC[C@H]1[C@@H]2CC(=O)O[C@@H]2C[C@H]1OC(=O)c1ccccc1. The fourth-order valence-electron chi connectivity index (χ4n) is 3.30. The van der Waals surface area contributed by atoms with Crippen molar-refractivity contribution in [3.63, 3.8) is 0 Å². The quantitative estimate of drug-likeness (QED) is 0.791. The van der Waals surface area contributed by atoms with E-state index in [1.807, 2.05) is 6.07 Å². The predicted molar refractivity (Wildman–Crippen MR) is 73.6 cm³/mol. The number of esters is 2. The smallest absolute Gasteiger partial charge is 0.338 e. The van der Waals surface area contributed by atoms with E-state index in [4.69, 9.17) is 14.2 Å². The van der Waals surface area contributed by atoms with E-state index in [2.05, 4.69) is 0 Å². The highest BCUT2D eigenvalue weighted by atomic mass is 16.6. The van der Waals surface area contributed by atoms with Crippen LogP contribution >= 0.6 is 0 Å². The summed E-state index contributed by atoms with van der Waals surface area (Å²) >= 11 is 0. The fourth-order valence-corrected chi connectivity index (χ4v) is 3.30. The van der Waals surface area contributed by atoms with E-state index in [9.17, 15) is 9.59 Å². The molecule has 1 aromatic rings. The highest BCUT2D eigenvalue weighted by molar-refractivity contribution is 5.89. The maximum Gasteiger partial charge on any atom is 0.338 e. The van der Waals surface area contributed by atoms with E-state index in [1.165, 1.54) is 0 Å². The number of hydrogen-bond acceptors (Lipinski definition) is 5. The summed E-state index contributed by atoms with van der Waals surface area (Å²) in [6.45, 7) is 0.463. The summed E-state index contributed by atoms with van der Waals surface area (Å²) in [4.78, 5) is 23.5. The third-order valence-corrected chi connectivity index (χ3v) is 4.28. The summed E-state index contributed by atoms with van der Waals surface area (Å²) < 4.78 is 16.1. The Morgan fingerprint density at radius 3 is 2.81 bits per heavy atom. The molecule has 112 valence electrons. The van der Waals surface area contributed by atoms with Gasteiger partial charge in [0.15, 0.2) is 0 Å². The molecule has 0 amide bonds. The molecule has 1 heterocycles. The Bertz CT molecular complexity index is 527. The molecule has 0 radical (unpaired) electrons. The molecule has 0 unspecified atom stereocenters. The summed E-state index contributed by atoms with van der Waals surface area (Å²) in [6.07, 6.45) is 0.535. The zero-order valence-electron chi connectivity index (χ0n) is 11.9. The van der Waals surface area contributed by atoms with Crippen molar-refractivity contribution in [3.8, 4) is 0 Å². The zero-order valence-corrected chi connectivity index (χ0v) is 11.9. The third kappa shape index (κ3) is 2.78. The Kier molecular flexibility index (Phi) is 3.92. The lowest BCUT2D eigenvalue weighted by atomic mass is 9.93. The number of rotatable bonds is 4. The van der Waals surface area contributed by atoms with Gasteiger partial charge in [0.25, 0.3) is 0 Å². The molecule has 1 saturated heterocycles. The number of methoxy groups -OCH3 is 1. The molecule has 0 N–H and O–H groups in total. The number of benzene rings is 1. The van der Waals surface area contributed by atoms with Crippen LogP contribution in [0.3, 0.4) is 0 Å². The van der Waals surface area contributed by atoms with E-state index in [0.29, 0.717) is 25.0 Å². The van der Waals surface area contributed by atoms with Gasteiger partial charge in [0.05, 0.1) is 18.6 Å². The van der Waals surface area contributed by atoms with E-state index < -0.39 is 0 Å². The zero-order chi connectivity index (χ0) is 14.8. The van der Waals surface area contributed by atoms with E-state index in [1.54, 1.807) is 31.4 Å². The molecule has 0 spiro atoms. The van der Waals surface area contributed by atoms with Gasteiger partial charge >= 0.3 is 11.9 Å². The normalized spacial score (nSPS) is 30.8. The lowest BCUT2D eigenvalue weighted by molar-refractivity contribution is -0.141. The number of ether oxygens (including phenoxy) is 3. The van der Waals surface area contributed by atoms with Crippen LogP contribution in [0.4, 0.5) is 0 Å². The van der Waals surface area contributed by atoms with Crippen molar-refractivity contribution in [2.75, 3.05) is 13.7 Å². The van der Waals surface area contributed by atoms with Gasteiger partial charge in [-0.15, -0.1) is 0 Å². The Balaban J connectivity index is 1.70. The Morgan fingerprint density at radius 1 is 1.33 bits per heavy atom. The maximum atomic E-state index is 12.2. The monoisotopic (exact) mass is 290 g/mol. The second-order valence-electron chi connectivity index (χ2n) is 5.56. The van der Waals surface area contributed by atoms with E-state index in [-0.39, 0.29) is 36.0 Å². The second-order valence-corrected chi connectivity index (χ2v) is 5.56. The van der Waals surface area contributed by atoms with Crippen molar-refractivity contribution in [2.24, 2.45) is 11.8 Å². The van der Waals surface area contributed by atoms with Gasteiger partial charge in [0.1, 0.15) is 12.2 Å². The minimum absolute atomic E-state index is 0.0131. The van der Waals surface area contributed by atoms with Crippen LogP contribution in [0.2, 0.25) is 0 Å². The predicted octanol–water partition coefficient (Wildman–Crippen LogP) is 1.81. The summed E-state index contributed by atoms with van der Waals surface area (Å²) in [5.41, 5.74) is 0.530. The number of hydrogen-bond donors (Lipinski definition) is 0. The summed E-state index contributed by atoms with van der Waals surface area (Å²) in [7, 11) is 1.61. The van der Waals surface area contributed by atoms with Crippen LogP contribution in [0.1, 0.15) is 23.2 Å². The van der Waals surface area contributed by atoms with Gasteiger partial charge in [0, 0.05) is 25.4 Å². The first-order valence-electron chi connectivity index (χ1n) is 7.13. The molecule has 1 aliphatic heterocycles. The highest BCUT2D eigenvalue weighted by Gasteiger charge is 2.51. The minimum atomic E-state index is -0.340. The lowest BCUT2D eigenvalue weighted by Gasteiger charge is -2.22. The largest absolute Gasteiger partial charge is 0.462 e. The van der Waals surface area contributed by atoms with Gasteiger partial charge in [-0.3, -0.25) is 4.79 Å². The van der Waals surface area contributed by atoms with Crippen LogP contribution < -0.4 is 0 Å². The standard InChI is InChI=1S/C16H18O5/c1-19-9-12-11-7-15(17)20-13(11)8-14(12)21-16(18)10-5-3-2-4-6-10/h2-6,11-14H,7-9H2,1H3/t11-,12-,13+,14+/m0/s1. The van der Waals surface area contributed by atoms with E-state index >= 15 is 0 Å². The third-order valence-electron chi connectivity index (χ3n) is 4.28. The molecule has 0 aromatic heterocycles. The second kappa shape index (κ2) is 5.85. The van der Waals surface area contributed by atoms with Crippen LogP contribution in [0.25, 0.3) is 0 Å². The Hall–Kier alpha value is -1.88. The lowest BCUT2D eigenvalue weighted by Crippen LogP contribution is -2.29. The van der Waals surface area contributed by atoms with Crippen molar-refractivity contribution >= 4 is 11.9 Å². The van der Waals surface area contributed by atoms with Crippen molar-refractivity contribution in [1.82, 2.24) is 0 Å². The molecule has 1 aromatic carbocycles. The van der Waals surface area contributed by atoms with E-state index in [0.717, 1.165) is 0 Å². The van der Waals surface area contributed by atoms with Crippen molar-refractivity contribution < 1.29 is 23.8 Å². The molecule has 0 bridgehead atoms. The first-order valence-corrected chi connectivity index (χ1v) is 7.13. The maximum absolute atomic E-state index is 12.2. The van der Waals surface area contributed by atoms with Crippen LogP contribution in [0, 0.1) is 11.8 Å². The first-order chi connectivity index (χ1) is 10.2. The summed E-state index contributed by atoms with van der Waals surface area (Å²) in [5.74, 6) is -0.405. The molecule has 1 aliphatic carbocycles. The molecule has 2 aliphatic rings. The minimum Gasteiger partial charge on any atom is -0.462 e. The molecule has 1 saturated carbocycles. The number of carbonyl (C=O) groups is 2. The van der Waals surface area contributed by atoms with Crippen LogP contribution in [-0.4, -0.2) is 37.9 Å². The van der Waals surface area contributed by atoms with Crippen LogP contribution in [-0.2, 0) is 19.0 Å².